The van der Waals surface area contributed by atoms with Crippen LogP contribution < -0.4 is 5.32 Å². The average Bonchev–Trinajstić information content (AvgIpc) is 3.06. The second-order valence-electron chi connectivity index (χ2n) is 6.82. The molecule has 1 aliphatic rings. The van der Waals surface area contributed by atoms with Gasteiger partial charge in [-0.1, -0.05) is 0 Å². The zero-order valence-electron chi connectivity index (χ0n) is 15.1. The first-order chi connectivity index (χ1) is 13.5. The van der Waals surface area contributed by atoms with Crippen LogP contribution in [0.1, 0.15) is 40.1 Å². The van der Waals surface area contributed by atoms with Crippen molar-refractivity contribution in [3.63, 3.8) is 0 Å². The first-order valence-corrected chi connectivity index (χ1v) is 9.14. The minimum absolute atomic E-state index is 0.0128. The molecular formula is C20H20N4O4. The van der Waals surface area contributed by atoms with Gasteiger partial charge in [0.1, 0.15) is 11.3 Å². The van der Waals surface area contributed by atoms with Crippen LogP contribution in [0.15, 0.2) is 42.5 Å². The Morgan fingerprint density at radius 1 is 1.00 bits per heavy atom. The molecule has 0 saturated carbocycles. The van der Waals surface area contributed by atoms with Crippen molar-refractivity contribution in [2.75, 3.05) is 18.4 Å². The first-order valence-electron chi connectivity index (χ1n) is 9.14. The lowest BCUT2D eigenvalue weighted by atomic mass is 10.1. The van der Waals surface area contributed by atoms with Gasteiger partial charge in [-0.05, 0) is 61.7 Å². The Bertz CT molecular complexity index is 1040. The molecule has 0 radical (unpaired) electrons. The zero-order chi connectivity index (χ0) is 19.7. The summed E-state index contributed by atoms with van der Waals surface area (Å²) in [6.45, 7) is 1.45. The van der Waals surface area contributed by atoms with Crippen molar-refractivity contribution >= 4 is 28.4 Å². The third-order valence-corrected chi connectivity index (χ3v) is 4.89. The minimum Gasteiger partial charge on any atom is -0.508 e. The monoisotopic (exact) mass is 380 g/mol. The Labute approximate surface area is 161 Å². The molecule has 0 aliphatic carbocycles. The normalized spacial score (nSPS) is 14.2. The molecule has 0 bridgehead atoms. The number of phenolic OH excluding ortho intramolecular Hbond substituents is 1. The Balaban J connectivity index is 1.65. The third-order valence-electron chi connectivity index (χ3n) is 4.89. The van der Waals surface area contributed by atoms with Crippen LogP contribution in [0.2, 0.25) is 0 Å². The van der Waals surface area contributed by atoms with Crippen molar-refractivity contribution in [2.45, 2.75) is 19.3 Å². The lowest BCUT2D eigenvalue weighted by Crippen LogP contribution is -2.35. The van der Waals surface area contributed by atoms with Crippen LogP contribution in [-0.4, -0.2) is 50.1 Å². The van der Waals surface area contributed by atoms with E-state index in [-0.39, 0.29) is 17.4 Å². The molecule has 2 aromatic carbocycles. The number of fused-ring (bicyclic) bond motifs is 1. The molecular weight excluding hydrogens is 360 g/mol. The van der Waals surface area contributed by atoms with Crippen LogP contribution in [0.4, 0.5) is 5.69 Å². The van der Waals surface area contributed by atoms with Gasteiger partial charge in [0.2, 0.25) is 0 Å². The predicted octanol–water partition coefficient (Wildman–Crippen LogP) is 2.86. The minimum atomic E-state index is -0.522. The molecule has 3 aromatic rings. The van der Waals surface area contributed by atoms with Gasteiger partial charge in [0.05, 0.1) is 0 Å². The van der Waals surface area contributed by atoms with Crippen LogP contribution in [0.3, 0.4) is 0 Å². The molecule has 8 heteroatoms. The number of hydrogen-bond acceptors (Lipinski definition) is 5. The second kappa shape index (κ2) is 7.22. The molecule has 1 aliphatic heterocycles. The molecule has 1 fully saturated rings. The zero-order valence-corrected chi connectivity index (χ0v) is 15.1. The molecule has 3 N–H and O–H groups in total. The average molecular weight is 380 g/mol. The summed E-state index contributed by atoms with van der Waals surface area (Å²) in [5, 5.41) is 26.3. The van der Waals surface area contributed by atoms with Crippen LogP contribution in [0, 0.1) is 0 Å². The lowest BCUT2D eigenvalue weighted by molar-refractivity contribution is 0.0724. The maximum atomic E-state index is 12.8. The number of piperidine rings is 1. The predicted molar refractivity (Wildman–Crippen MR) is 103 cm³/mol. The number of carbonyl (C=O) groups excluding carboxylic acids is 2. The topological polar surface area (TPSA) is 108 Å². The van der Waals surface area contributed by atoms with Gasteiger partial charge in [0.25, 0.3) is 11.8 Å². The number of hydrogen-bond donors (Lipinski definition) is 3. The number of amides is 2. The van der Waals surface area contributed by atoms with E-state index >= 15 is 0 Å². The van der Waals surface area contributed by atoms with E-state index < -0.39 is 5.91 Å². The largest absolute Gasteiger partial charge is 0.508 e. The van der Waals surface area contributed by atoms with Crippen LogP contribution in [0.5, 0.6) is 5.75 Å². The molecule has 2 heterocycles. The summed E-state index contributed by atoms with van der Waals surface area (Å²) in [4.78, 5) is 27.9. The van der Waals surface area contributed by atoms with Gasteiger partial charge in [0, 0.05) is 29.7 Å². The first kappa shape index (κ1) is 17.8. The molecule has 1 saturated heterocycles. The van der Waals surface area contributed by atoms with E-state index in [1.165, 1.54) is 12.1 Å². The number of rotatable bonds is 3. The van der Waals surface area contributed by atoms with Gasteiger partial charge in [-0.15, -0.1) is 9.94 Å². The number of likely N-dealkylation sites (tertiary alicyclic amines) is 1. The quantitative estimate of drug-likeness (QED) is 0.478. The molecule has 0 unspecified atom stereocenters. The van der Waals surface area contributed by atoms with Crippen molar-refractivity contribution in [1.29, 1.82) is 0 Å². The van der Waals surface area contributed by atoms with E-state index in [9.17, 15) is 19.9 Å². The summed E-state index contributed by atoms with van der Waals surface area (Å²) in [6, 6.07) is 10.8. The fourth-order valence-electron chi connectivity index (χ4n) is 3.42. The molecule has 4 rings (SSSR count). The molecule has 2 amide bonds. The highest BCUT2D eigenvalue weighted by Crippen LogP contribution is 2.23. The highest BCUT2D eigenvalue weighted by molar-refractivity contribution is 6.12. The van der Waals surface area contributed by atoms with Crippen molar-refractivity contribution in [1.82, 2.24) is 14.8 Å². The van der Waals surface area contributed by atoms with Gasteiger partial charge in [-0.25, -0.2) is 0 Å². The Kier molecular flexibility index (Phi) is 4.60. The molecule has 0 atom stereocenters. The summed E-state index contributed by atoms with van der Waals surface area (Å²) in [7, 11) is 0. The lowest BCUT2D eigenvalue weighted by Gasteiger charge is -2.26. The maximum absolute atomic E-state index is 12.8. The number of anilines is 1. The smallest absolute Gasteiger partial charge is 0.276 e. The fraction of sp³-hybridized carbons (Fsp3) is 0.250. The van der Waals surface area contributed by atoms with Crippen LogP contribution >= 0.6 is 0 Å². The van der Waals surface area contributed by atoms with E-state index in [0.29, 0.717) is 27.0 Å². The van der Waals surface area contributed by atoms with E-state index in [4.69, 9.17) is 0 Å². The number of nitrogens with one attached hydrogen (secondary N) is 1. The molecule has 28 heavy (non-hydrogen) atoms. The maximum Gasteiger partial charge on any atom is 0.276 e. The van der Waals surface area contributed by atoms with Crippen molar-refractivity contribution < 1.29 is 19.9 Å². The molecule has 8 nitrogen and oxygen atoms in total. The van der Waals surface area contributed by atoms with Gasteiger partial charge in [-0.3, -0.25) is 9.59 Å². The van der Waals surface area contributed by atoms with Crippen LogP contribution in [0.25, 0.3) is 10.9 Å². The summed E-state index contributed by atoms with van der Waals surface area (Å²) >= 11 is 0. The van der Waals surface area contributed by atoms with Gasteiger partial charge in [0.15, 0.2) is 5.69 Å². The van der Waals surface area contributed by atoms with E-state index in [1.807, 2.05) is 4.90 Å². The highest BCUT2D eigenvalue weighted by Gasteiger charge is 2.22. The summed E-state index contributed by atoms with van der Waals surface area (Å²) < 4.78 is 0. The van der Waals surface area contributed by atoms with Crippen LogP contribution in [-0.2, 0) is 0 Å². The number of nitrogens with zero attached hydrogens (tertiary/aromatic N) is 3. The molecule has 1 aromatic heterocycles. The van der Waals surface area contributed by atoms with E-state index in [1.54, 1.807) is 30.3 Å². The second-order valence-corrected chi connectivity index (χ2v) is 6.82. The number of aromatic hydroxyl groups is 1. The fourth-order valence-corrected chi connectivity index (χ4v) is 3.42. The summed E-state index contributed by atoms with van der Waals surface area (Å²) in [5.74, 6) is -0.521. The Morgan fingerprint density at radius 2 is 1.71 bits per heavy atom. The van der Waals surface area contributed by atoms with Gasteiger partial charge in [-0.2, -0.15) is 0 Å². The third kappa shape index (κ3) is 3.36. The number of phenols is 1. The highest BCUT2D eigenvalue weighted by atomic mass is 16.5. The molecule has 144 valence electrons. The number of aromatic nitrogens is 2. The van der Waals surface area contributed by atoms with Crippen molar-refractivity contribution in [3.05, 3.63) is 53.7 Å². The SMILES string of the molecule is O=C(Nc1ccc(O)cc1)c1nn(O)c2ccc(C(=O)N3CCCCC3)cc12. The summed E-state index contributed by atoms with van der Waals surface area (Å²) in [5.41, 5.74) is 1.29. The van der Waals surface area contributed by atoms with Gasteiger partial charge >= 0.3 is 0 Å². The Hall–Kier alpha value is -3.55. The Morgan fingerprint density at radius 3 is 2.43 bits per heavy atom. The summed E-state index contributed by atoms with van der Waals surface area (Å²) in [6.07, 6.45) is 3.10. The van der Waals surface area contributed by atoms with Crippen molar-refractivity contribution in [3.8, 4) is 5.75 Å². The standard InChI is InChI=1S/C20H20N4O4/c25-15-7-5-14(6-8-15)21-19(26)18-16-12-13(4-9-17(16)24(28)22-18)20(27)23-10-2-1-3-11-23/h4-9,12,25,28H,1-3,10-11H2,(H,21,26). The number of benzene rings is 2. The van der Waals surface area contributed by atoms with E-state index in [2.05, 4.69) is 10.4 Å². The molecule has 0 spiro atoms. The van der Waals surface area contributed by atoms with Crippen molar-refractivity contribution in [2.24, 2.45) is 0 Å². The van der Waals surface area contributed by atoms with E-state index in [0.717, 1.165) is 32.4 Å². The van der Waals surface area contributed by atoms with Gasteiger partial charge < -0.3 is 20.5 Å². The number of carbonyl (C=O) groups is 2.